The van der Waals surface area contributed by atoms with Gasteiger partial charge in [-0.1, -0.05) is 13.8 Å². The molecule has 2 rings (SSSR count). The standard InChI is InChI=1S/C17H26N4O3/c1-12(2)8-13-4-5-14(10-19-13)20-6-7-21(17(23)24)15(11-20)9-16(22)18-3/h4-5,10,12,15H,6-9,11H2,1-3H3,(H,18,22)(H,23,24). The first-order valence-corrected chi connectivity index (χ1v) is 8.30. The molecule has 1 saturated heterocycles. The molecule has 1 aromatic heterocycles. The van der Waals surface area contributed by atoms with Crippen LogP contribution in [0.5, 0.6) is 0 Å². The molecule has 0 aliphatic carbocycles. The SMILES string of the molecule is CNC(=O)CC1CN(c2ccc(CC(C)C)nc2)CCN1C(=O)O. The highest BCUT2D eigenvalue weighted by Gasteiger charge is 2.31. The molecule has 0 radical (unpaired) electrons. The number of piperazine rings is 1. The molecule has 24 heavy (non-hydrogen) atoms. The van der Waals surface area contributed by atoms with E-state index in [1.54, 1.807) is 7.05 Å². The third kappa shape index (κ3) is 4.59. The van der Waals surface area contributed by atoms with Crippen molar-refractivity contribution in [3.8, 4) is 0 Å². The zero-order valence-corrected chi connectivity index (χ0v) is 14.5. The number of aromatic nitrogens is 1. The van der Waals surface area contributed by atoms with Gasteiger partial charge in [-0.05, 0) is 24.5 Å². The molecule has 2 N–H and O–H groups in total. The number of rotatable bonds is 5. The Kier molecular flexibility index (Phi) is 6.00. The first-order chi connectivity index (χ1) is 11.4. The summed E-state index contributed by atoms with van der Waals surface area (Å²) in [7, 11) is 1.56. The zero-order valence-electron chi connectivity index (χ0n) is 14.5. The summed E-state index contributed by atoms with van der Waals surface area (Å²) in [4.78, 5) is 31.0. The average Bonchev–Trinajstić information content (AvgIpc) is 2.54. The van der Waals surface area contributed by atoms with Crippen molar-refractivity contribution < 1.29 is 14.7 Å². The number of carbonyl (C=O) groups excluding carboxylic acids is 1. The molecule has 7 nitrogen and oxygen atoms in total. The summed E-state index contributed by atoms with van der Waals surface area (Å²) in [6.45, 7) is 5.78. The predicted molar refractivity (Wildman–Crippen MR) is 92.2 cm³/mol. The van der Waals surface area contributed by atoms with Crippen LogP contribution in [0.15, 0.2) is 18.3 Å². The summed E-state index contributed by atoms with van der Waals surface area (Å²) in [5.41, 5.74) is 2.02. The summed E-state index contributed by atoms with van der Waals surface area (Å²) in [6.07, 6.45) is 1.96. The van der Waals surface area contributed by atoms with Crippen molar-refractivity contribution in [3.05, 3.63) is 24.0 Å². The minimum Gasteiger partial charge on any atom is -0.465 e. The third-order valence-electron chi connectivity index (χ3n) is 4.22. The number of pyridine rings is 1. The molecule has 1 atom stereocenters. The van der Waals surface area contributed by atoms with Crippen LogP contribution >= 0.6 is 0 Å². The highest BCUT2D eigenvalue weighted by atomic mass is 16.4. The number of hydrogen-bond donors (Lipinski definition) is 2. The molecule has 132 valence electrons. The quantitative estimate of drug-likeness (QED) is 0.854. The van der Waals surface area contributed by atoms with Gasteiger partial charge < -0.3 is 20.2 Å². The Hall–Kier alpha value is -2.31. The number of carbonyl (C=O) groups is 2. The van der Waals surface area contributed by atoms with Gasteiger partial charge in [0.05, 0.1) is 17.9 Å². The summed E-state index contributed by atoms with van der Waals surface area (Å²) in [5.74, 6) is 0.401. The normalized spacial score (nSPS) is 17.9. The lowest BCUT2D eigenvalue weighted by Crippen LogP contribution is -2.56. The zero-order chi connectivity index (χ0) is 17.7. The van der Waals surface area contributed by atoms with E-state index in [9.17, 15) is 14.7 Å². The molecule has 2 amide bonds. The highest BCUT2D eigenvalue weighted by Crippen LogP contribution is 2.21. The number of hydrogen-bond acceptors (Lipinski definition) is 4. The number of amides is 2. The lowest BCUT2D eigenvalue weighted by molar-refractivity contribution is -0.121. The molecule has 0 saturated carbocycles. The van der Waals surface area contributed by atoms with Gasteiger partial charge in [0.25, 0.3) is 0 Å². The first-order valence-electron chi connectivity index (χ1n) is 8.30. The van der Waals surface area contributed by atoms with Crippen LogP contribution in [0.2, 0.25) is 0 Å². The summed E-state index contributed by atoms with van der Waals surface area (Å²) >= 11 is 0. The van der Waals surface area contributed by atoms with Crippen molar-refractivity contribution in [1.29, 1.82) is 0 Å². The van der Waals surface area contributed by atoms with Gasteiger partial charge in [0.2, 0.25) is 5.91 Å². The number of carboxylic acid groups (broad SMARTS) is 1. The molecular formula is C17H26N4O3. The van der Waals surface area contributed by atoms with Gasteiger partial charge in [0.15, 0.2) is 0 Å². The van der Waals surface area contributed by atoms with E-state index < -0.39 is 6.09 Å². The van der Waals surface area contributed by atoms with E-state index in [4.69, 9.17) is 0 Å². The molecule has 1 unspecified atom stereocenters. The maximum atomic E-state index is 11.7. The lowest BCUT2D eigenvalue weighted by atomic mass is 10.1. The fourth-order valence-corrected chi connectivity index (χ4v) is 2.98. The van der Waals surface area contributed by atoms with E-state index in [0.29, 0.717) is 25.6 Å². The summed E-state index contributed by atoms with van der Waals surface area (Å²) < 4.78 is 0. The molecule has 1 fully saturated rings. The van der Waals surface area contributed by atoms with Crippen LogP contribution in [0.4, 0.5) is 10.5 Å². The van der Waals surface area contributed by atoms with Crippen LogP contribution in [-0.4, -0.2) is 59.7 Å². The van der Waals surface area contributed by atoms with Gasteiger partial charge >= 0.3 is 6.09 Å². The average molecular weight is 334 g/mol. The van der Waals surface area contributed by atoms with Crippen LogP contribution in [0.25, 0.3) is 0 Å². The minimum absolute atomic E-state index is 0.154. The molecule has 1 aromatic rings. The molecule has 2 heterocycles. The number of nitrogens with one attached hydrogen (secondary N) is 1. The van der Waals surface area contributed by atoms with Gasteiger partial charge in [-0.25, -0.2) is 4.79 Å². The van der Waals surface area contributed by atoms with E-state index >= 15 is 0 Å². The Morgan fingerprint density at radius 3 is 2.67 bits per heavy atom. The monoisotopic (exact) mass is 334 g/mol. The Morgan fingerprint density at radius 1 is 1.38 bits per heavy atom. The smallest absolute Gasteiger partial charge is 0.407 e. The van der Waals surface area contributed by atoms with Crippen LogP contribution < -0.4 is 10.2 Å². The first kappa shape index (κ1) is 18.0. The van der Waals surface area contributed by atoms with Gasteiger partial charge in [-0.3, -0.25) is 9.78 Å². The maximum absolute atomic E-state index is 11.7. The van der Waals surface area contributed by atoms with Crippen LogP contribution in [0, 0.1) is 5.92 Å². The fourth-order valence-electron chi connectivity index (χ4n) is 2.98. The second-order valence-corrected chi connectivity index (χ2v) is 6.56. The van der Waals surface area contributed by atoms with Crippen LogP contribution in [0.3, 0.4) is 0 Å². The van der Waals surface area contributed by atoms with Gasteiger partial charge in [-0.15, -0.1) is 0 Å². The second kappa shape index (κ2) is 7.99. The summed E-state index contributed by atoms with van der Waals surface area (Å²) in [5, 5.41) is 11.9. The van der Waals surface area contributed by atoms with Crippen molar-refractivity contribution >= 4 is 17.7 Å². The molecule has 0 bridgehead atoms. The maximum Gasteiger partial charge on any atom is 0.407 e. The van der Waals surface area contributed by atoms with Crippen molar-refractivity contribution in [3.63, 3.8) is 0 Å². The van der Waals surface area contributed by atoms with Crippen molar-refractivity contribution in [2.45, 2.75) is 32.7 Å². The highest BCUT2D eigenvalue weighted by molar-refractivity contribution is 5.77. The van der Waals surface area contributed by atoms with Crippen molar-refractivity contribution in [1.82, 2.24) is 15.2 Å². The molecule has 1 aliphatic heterocycles. The van der Waals surface area contributed by atoms with Crippen molar-refractivity contribution in [2.75, 3.05) is 31.6 Å². The number of anilines is 1. The topological polar surface area (TPSA) is 85.8 Å². The Morgan fingerprint density at radius 2 is 2.12 bits per heavy atom. The molecule has 0 aromatic carbocycles. The lowest BCUT2D eigenvalue weighted by Gasteiger charge is -2.40. The van der Waals surface area contributed by atoms with E-state index in [2.05, 4.69) is 29.0 Å². The largest absolute Gasteiger partial charge is 0.465 e. The van der Waals surface area contributed by atoms with Gasteiger partial charge in [0, 0.05) is 38.8 Å². The molecular weight excluding hydrogens is 308 g/mol. The van der Waals surface area contributed by atoms with E-state index in [0.717, 1.165) is 17.8 Å². The number of nitrogens with zero attached hydrogens (tertiary/aromatic N) is 3. The van der Waals surface area contributed by atoms with Gasteiger partial charge in [0.1, 0.15) is 0 Å². The second-order valence-electron chi connectivity index (χ2n) is 6.56. The Bertz CT molecular complexity index is 574. The minimum atomic E-state index is -0.978. The van der Waals surface area contributed by atoms with Gasteiger partial charge in [-0.2, -0.15) is 0 Å². The molecule has 1 aliphatic rings. The van der Waals surface area contributed by atoms with E-state index in [-0.39, 0.29) is 18.4 Å². The van der Waals surface area contributed by atoms with E-state index in [1.807, 2.05) is 18.3 Å². The predicted octanol–water partition coefficient (Wildman–Crippen LogP) is 1.58. The molecule has 0 spiro atoms. The van der Waals surface area contributed by atoms with E-state index in [1.165, 1.54) is 4.90 Å². The third-order valence-corrected chi connectivity index (χ3v) is 4.22. The summed E-state index contributed by atoms with van der Waals surface area (Å²) in [6, 6.07) is 3.69. The van der Waals surface area contributed by atoms with Crippen LogP contribution in [-0.2, 0) is 11.2 Å². The Labute approximate surface area is 142 Å². The molecule has 7 heteroatoms. The van der Waals surface area contributed by atoms with Crippen LogP contribution in [0.1, 0.15) is 26.0 Å². The fraction of sp³-hybridized carbons (Fsp3) is 0.588. The Balaban J connectivity index is 2.08. The van der Waals surface area contributed by atoms with Crippen molar-refractivity contribution in [2.24, 2.45) is 5.92 Å².